The van der Waals surface area contributed by atoms with E-state index in [2.05, 4.69) is 98.9 Å². The van der Waals surface area contributed by atoms with E-state index >= 15 is 0 Å². The summed E-state index contributed by atoms with van der Waals surface area (Å²) in [7, 11) is 5.95. The number of hydrogen-bond donors (Lipinski definition) is 1. The molecule has 65 heavy (non-hydrogen) atoms. The Bertz CT molecular complexity index is 1340. The van der Waals surface area contributed by atoms with Crippen LogP contribution in [-0.4, -0.2) is 87.4 Å². The second-order valence-electron chi connectivity index (χ2n) is 18.1. The topological polar surface area (TPSA) is 108 Å². The van der Waals surface area contributed by atoms with Crippen LogP contribution in [0.15, 0.2) is 85.1 Å². The Balaban J connectivity index is 4.24. The number of aliphatic carboxylic acids is 1. The Morgan fingerprint density at radius 1 is 0.477 bits per heavy atom. The number of likely N-dealkylation sites (N-methyl/N-ethyl adjacent to an activating group) is 1. The largest absolute Gasteiger partial charge is 0.477 e. The standard InChI is InChI=1S/C56H95NO8/c1-6-8-10-12-14-16-18-19-20-21-22-23-24-25-26-27-28-29-30-31-32-33-34-35-37-39-41-43-45-47-54(59)65-52(51-64-56(55(60)61)62-49-48-57(3,4)5)50-63-53(58)46-44-42-40-38-36-17-15-13-11-9-7-2/h8,10,13-16,19-20,22-23,25-26,28-29,52,56H,6-7,9,11-12,17-18,21,24,27,30-51H2,1-5H3/p+1/b10-8-,15-13-,16-14-,20-19-,23-22-,26-25-,29-28-. The summed E-state index contributed by atoms with van der Waals surface area (Å²) in [6.45, 7) is 4.69. The zero-order valence-electron chi connectivity index (χ0n) is 42.1. The van der Waals surface area contributed by atoms with Gasteiger partial charge in [0.1, 0.15) is 13.2 Å². The zero-order valence-corrected chi connectivity index (χ0v) is 42.1. The minimum atomic E-state index is -1.52. The van der Waals surface area contributed by atoms with Crippen LogP contribution in [-0.2, 0) is 33.3 Å². The van der Waals surface area contributed by atoms with Crippen molar-refractivity contribution < 1.29 is 42.9 Å². The van der Waals surface area contributed by atoms with Gasteiger partial charge in [0.15, 0.2) is 6.10 Å². The molecule has 0 spiro atoms. The molecule has 0 fully saturated rings. The lowest BCUT2D eigenvalue weighted by Gasteiger charge is -2.25. The Morgan fingerprint density at radius 2 is 0.877 bits per heavy atom. The fourth-order valence-electron chi connectivity index (χ4n) is 6.64. The number of carboxylic acid groups (broad SMARTS) is 1. The first-order valence-corrected chi connectivity index (χ1v) is 25.8. The van der Waals surface area contributed by atoms with Crippen LogP contribution < -0.4 is 0 Å². The number of rotatable bonds is 46. The minimum Gasteiger partial charge on any atom is -0.477 e. The maximum Gasteiger partial charge on any atom is 0.361 e. The highest BCUT2D eigenvalue weighted by molar-refractivity contribution is 5.71. The van der Waals surface area contributed by atoms with Gasteiger partial charge in [-0.15, -0.1) is 0 Å². The van der Waals surface area contributed by atoms with Gasteiger partial charge in [-0.3, -0.25) is 9.59 Å². The fraction of sp³-hybridized carbons (Fsp3) is 0.696. The number of carbonyl (C=O) groups excluding carboxylic acids is 2. The van der Waals surface area contributed by atoms with E-state index in [4.69, 9.17) is 18.9 Å². The second kappa shape index (κ2) is 47.0. The van der Waals surface area contributed by atoms with Gasteiger partial charge < -0.3 is 28.5 Å². The van der Waals surface area contributed by atoms with E-state index in [9.17, 15) is 19.5 Å². The van der Waals surface area contributed by atoms with Crippen molar-refractivity contribution in [1.82, 2.24) is 0 Å². The average molecular weight is 911 g/mol. The molecule has 0 aliphatic heterocycles. The van der Waals surface area contributed by atoms with Crippen LogP contribution in [0.5, 0.6) is 0 Å². The molecule has 0 radical (unpaired) electrons. The predicted octanol–water partition coefficient (Wildman–Crippen LogP) is 14.4. The van der Waals surface area contributed by atoms with Crippen LogP contribution in [0.4, 0.5) is 0 Å². The molecule has 0 saturated heterocycles. The minimum absolute atomic E-state index is 0.182. The SMILES string of the molecule is CC/C=C\C/C=C\C/C=C\C/C=C\C/C=C\C/C=C\CCCCCCCCCCCCC(=O)OC(COC(=O)CCCCCCC/C=C\CCCC)COC(OCC[N+](C)(C)C)C(=O)O. The quantitative estimate of drug-likeness (QED) is 0.0211. The molecule has 0 rings (SSSR count). The maximum atomic E-state index is 12.8. The molecule has 0 aromatic heterocycles. The summed E-state index contributed by atoms with van der Waals surface area (Å²) >= 11 is 0. The Morgan fingerprint density at radius 3 is 1.32 bits per heavy atom. The Kier molecular flexibility index (Phi) is 44.4. The maximum absolute atomic E-state index is 12.8. The molecule has 9 nitrogen and oxygen atoms in total. The molecule has 0 aromatic carbocycles. The van der Waals surface area contributed by atoms with Gasteiger partial charge in [0.25, 0.3) is 6.29 Å². The molecule has 0 aromatic rings. The van der Waals surface area contributed by atoms with Crippen molar-refractivity contribution in [2.45, 2.75) is 206 Å². The number of esters is 2. The lowest BCUT2D eigenvalue weighted by molar-refractivity contribution is -0.870. The van der Waals surface area contributed by atoms with Crippen molar-refractivity contribution in [3.05, 3.63) is 85.1 Å². The molecule has 372 valence electrons. The van der Waals surface area contributed by atoms with E-state index in [0.717, 1.165) is 109 Å². The summed E-state index contributed by atoms with van der Waals surface area (Å²) in [5.41, 5.74) is 0. The molecule has 0 aliphatic carbocycles. The number of hydrogen-bond acceptors (Lipinski definition) is 7. The number of ether oxygens (including phenoxy) is 4. The van der Waals surface area contributed by atoms with Crippen LogP contribution >= 0.6 is 0 Å². The molecule has 0 amide bonds. The van der Waals surface area contributed by atoms with Gasteiger partial charge in [-0.2, -0.15) is 0 Å². The number of carboxylic acids is 1. The number of unbranched alkanes of at least 4 members (excludes halogenated alkanes) is 17. The van der Waals surface area contributed by atoms with E-state index in [0.29, 0.717) is 17.4 Å². The molecule has 0 saturated carbocycles. The van der Waals surface area contributed by atoms with Crippen molar-refractivity contribution >= 4 is 17.9 Å². The molecular weight excluding hydrogens is 815 g/mol. The first kappa shape index (κ1) is 61.5. The summed E-state index contributed by atoms with van der Waals surface area (Å²) in [5, 5.41) is 9.65. The van der Waals surface area contributed by atoms with E-state index in [1.807, 2.05) is 21.1 Å². The fourth-order valence-corrected chi connectivity index (χ4v) is 6.64. The van der Waals surface area contributed by atoms with Crippen molar-refractivity contribution in [1.29, 1.82) is 0 Å². The van der Waals surface area contributed by atoms with Crippen LogP contribution in [0.25, 0.3) is 0 Å². The molecule has 9 heteroatoms. The van der Waals surface area contributed by atoms with Crippen molar-refractivity contribution in [3.8, 4) is 0 Å². The van der Waals surface area contributed by atoms with Crippen molar-refractivity contribution in [2.24, 2.45) is 0 Å². The van der Waals surface area contributed by atoms with Crippen molar-refractivity contribution in [2.75, 3.05) is 47.5 Å². The first-order valence-electron chi connectivity index (χ1n) is 25.8. The molecule has 2 atom stereocenters. The lowest BCUT2D eigenvalue weighted by atomic mass is 10.0. The smallest absolute Gasteiger partial charge is 0.361 e. The van der Waals surface area contributed by atoms with Crippen LogP contribution in [0, 0.1) is 0 Å². The molecule has 0 aliphatic rings. The number of allylic oxidation sites excluding steroid dienone is 14. The predicted molar refractivity (Wildman–Crippen MR) is 272 cm³/mol. The van der Waals surface area contributed by atoms with Gasteiger partial charge in [0.2, 0.25) is 0 Å². The third-order valence-corrected chi connectivity index (χ3v) is 10.6. The van der Waals surface area contributed by atoms with Gasteiger partial charge in [-0.05, 0) is 83.5 Å². The summed E-state index contributed by atoms with van der Waals surface area (Å²) in [6.07, 6.45) is 58.0. The Hall–Kier alpha value is -3.53. The van der Waals surface area contributed by atoms with Gasteiger partial charge in [-0.1, -0.05) is 182 Å². The van der Waals surface area contributed by atoms with Crippen LogP contribution in [0.1, 0.15) is 194 Å². The van der Waals surface area contributed by atoms with Gasteiger partial charge in [-0.25, -0.2) is 4.79 Å². The normalized spacial score (nSPS) is 13.6. The summed E-state index contributed by atoms with van der Waals surface area (Å²) in [5.74, 6) is -2.03. The van der Waals surface area contributed by atoms with Gasteiger partial charge >= 0.3 is 17.9 Å². The number of nitrogens with zero attached hydrogens (tertiary/aromatic N) is 1. The van der Waals surface area contributed by atoms with Gasteiger partial charge in [0, 0.05) is 12.8 Å². The number of quaternary nitrogens is 1. The average Bonchev–Trinajstić information content (AvgIpc) is 3.27. The summed E-state index contributed by atoms with van der Waals surface area (Å²) in [6, 6.07) is 0. The van der Waals surface area contributed by atoms with Crippen molar-refractivity contribution in [3.63, 3.8) is 0 Å². The molecule has 2 unspecified atom stereocenters. The van der Waals surface area contributed by atoms with E-state index < -0.39 is 24.3 Å². The molecule has 0 heterocycles. The van der Waals surface area contributed by atoms with Gasteiger partial charge in [0.05, 0.1) is 34.4 Å². The molecule has 0 bridgehead atoms. The lowest BCUT2D eigenvalue weighted by Crippen LogP contribution is -2.40. The highest BCUT2D eigenvalue weighted by atomic mass is 16.7. The van der Waals surface area contributed by atoms with E-state index in [1.165, 1.54) is 51.4 Å². The summed E-state index contributed by atoms with van der Waals surface area (Å²) in [4.78, 5) is 37.2. The van der Waals surface area contributed by atoms with Crippen LogP contribution in [0.3, 0.4) is 0 Å². The zero-order chi connectivity index (χ0) is 47.7. The van der Waals surface area contributed by atoms with Crippen LogP contribution in [0.2, 0.25) is 0 Å². The summed E-state index contributed by atoms with van der Waals surface area (Å²) < 4.78 is 22.7. The molecule has 1 N–H and O–H groups in total. The third-order valence-electron chi connectivity index (χ3n) is 10.6. The highest BCUT2D eigenvalue weighted by Crippen LogP contribution is 2.14. The third kappa shape index (κ3) is 48.2. The molecular formula is C56H96NO8+. The second-order valence-corrected chi connectivity index (χ2v) is 18.1. The highest BCUT2D eigenvalue weighted by Gasteiger charge is 2.25. The monoisotopic (exact) mass is 911 g/mol. The number of carbonyl (C=O) groups is 3. The van der Waals surface area contributed by atoms with E-state index in [-0.39, 0.29) is 38.6 Å². The Labute approximate surface area is 398 Å². The first-order chi connectivity index (χ1) is 31.6. The van der Waals surface area contributed by atoms with E-state index in [1.54, 1.807) is 0 Å².